The second-order valence-electron chi connectivity index (χ2n) is 10.7. The molecule has 0 unspecified atom stereocenters. The summed E-state index contributed by atoms with van der Waals surface area (Å²) in [6.07, 6.45) is 3.11. The number of carbonyl (C=O) groups excluding carboxylic acids is 2. The van der Waals surface area contributed by atoms with Gasteiger partial charge in [0.05, 0.1) is 42.3 Å². The smallest absolute Gasteiger partial charge is 0.340 e. The molecule has 12 heteroatoms. The number of ether oxygens (including phenoxy) is 2. The summed E-state index contributed by atoms with van der Waals surface area (Å²) in [6.45, 7) is 4.36. The molecule has 44 heavy (non-hydrogen) atoms. The normalized spacial score (nSPS) is 18.2. The molecule has 0 bridgehead atoms. The summed E-state index contributed by atoms with van der Waals surface area (Å²) in [6, 6.07) is 14.7. The Balaban J connectivity index is 1.45. The number of benzene rings is 2. The van der Waals surface area contributed by atoms with Gasteiger partial charge in [-0.3, -0.25) is 4.79 Å². The molecule has 9 nitrogen and oxygen atoms in total. The highest BCUT2D eigenvalue weighted by molar-refractivity contribution is 7.89. The fourth-order valence-corrected chi connectivity index (χ4v) is 7.09. The Labute approximate surface area is 266 Å². The van der Waals surface area contributed by atoms with E-state index in [2.05, 4.69) is 0 Å². The zero-order chi connectivity index (χ0) is 31.6. The highest BCUT2D eigenvalue weighted by atomic mass is 35.5. The van der Waals surface area contributed by atoms with Crippen LogP contribution in [0.3, 0.4) is 0 Å². The molecule has 1 saturated heterocycles. The van der Waals surface area contributed by atoms with Gasteiger partial charge < -0.3 is 18.8 Å². The van der Waals surface area contributed by atoms with Crippen molar-refractivity contribution in [1.29, 1.82) is 0 Å². The lowest BCUT2D eigenvalue weighted by atomic mass is 10.1. The molecule has 1 fully saturated rings. The molecule has 1 aromatic heterocycles. The van der Waals surface area contributed by atoms with Crippen LogP contribution in [0.1, 0.15) is 42.4 Å². The molecule has 0 saturated carbocycles. The number of halogens is 2. The maximum atomic E-state index is 13.8. The van der Waals surface area contributed by atoms with Crippen molar-refractivity contribution in [2.45, 2.75) is 50.8 Å². The second kappa shape index (κ2) is 13.3. The molecule has 2 aliphatic rings. The summed E-state index contributed by atoms with van der Waals surface area (Å²) >= 11 is 12.5. The van der Waals surface area contributed by atoms with Crippen molar-refractivity contribution in [3.63, 3.8) is 0 Å². The van der Waals surface area contributed by atoms with E-state index in [0.717, 1.165) is 18.4 Å². The average Bonchev–Trinajstić information content (AvgIpc) is 3.72. The number of furan rings is 1. The van der Waals surface area contributed by atoms with Crippen LogP contribution in [0.2, 0.25) is 10.0 Å². The molecule has 2 aliphatic heterocycles. The first-order valence-electron chi connectivity index (χ1n) is 14.0. The number of aryl methyl sites for hydroxylation is 1. The van der Waals surface area contributed by atoms with E-state index in [1.807, 2.05) is 6.92 Å². The van der Waals surface area contributed by atoms with E-state index in [1.165, 1.54) is 22.4 Å². The van der Waals surface area contributed by atoms with Gasteiger partial charge in [0.2, 0.25) is 10.0 Å². The van der Waals surface area contributed by atoms with Gasteiger partial charge in [0, 0.05) is 28.9 Å². The number of amides is 1. The van der Waals surface area contributed by atoms with Crippen molar-refractivity contribution in [2.24, 2.45) is 0 Å². The van der Waals surface area contributed by atoms with Crippen LogP contribution in [0.15, 0.2) is 80.8 Å². The maximum absolute atomic E-state index is 13.8. The number of allylic oxidation sites excluding steroid dienone is 1. The summed E-state index contributed by atoms with van der Waals surface area (Å²) in [4.78, 5) is 27.9. The third-order valence-electron chi connectivity index (χ3n) is 7.63. The summed E-state index contributed by atoms with van der Waals surface area (Å²) < 4.78 is 45.6. The lowest BCUT2D eigenvalue weighted by molar-refractivity contribution is -0.136. The van der Waals surface area contributed by atoms with Crippen LogP contribution in [0, 0.1) is 6.92 Å². The first-order chi connectivity index (χ1) is 21.0. The molecule has 1 amide bonds. The molecule has 0 radical (unpaired) electrons. The van der Waals surface area contributed by atoms with Gasteiger partial charge in [0.25, 0.3) is 5.91 Å². The minimum absolute atomic E-state index is 0.0472. The Bertz CT molecular complexity index is 1740. The highest BCUT2D eigenvalue weighted by Gasteiger charge is 2.39. The molecule has 3 aromatic rings. The van der Waals surface area contributed by atoms with Crippen molar-refractivity contribution < 1.29 is 31.9 Å². The Kier molecular flexibility index (Phi) is 9.67. The van der Waals surface area contributed by atoms with Crippen LogP contribution >= 0.6 is 23.2 Å². The number of nitrogens with zero attached hydrogens (tertiary/aromatic N) is 2. The quantitative estimate of drug-likeness (QED) is 0.190. The molecule has 5 rings (SSSR count). The van der Waals surface area contributed by atoms with Gasteiger partial charge >= 0.3 is 5.97 Å². The molecule has 1 atom stereocenters. The van der Waals surface area contributed by atoms with Crippen LogP contribution in [0.4, 0.5) is 0 Å². The van der Waals surface area contributed by atoms with Crippen LogP contribution in [-0.4, -0.2) is 55.9 Å². The zero-order valence-electron chi connectivity index (χ0n) is 24.5. The molecule has 0 N–H and O–H groups in total. The predicted octanol–water partition coefficient (Wildman–Crippen LogP) is 6.14. The molecule has 2 aromatic carbocycles. The van der Waals surface area contributed by atoms with E-state index < -0.39 is 16.0 Å². The summed E-state index contributed by atoms with van der Waals surface area (Å²) in [5, 5.41) is 0.762. The summed E-state index contributed by atoms with van der Waals surface area (Å²) in [7, 11) is -2.73. The van der Waals surface area contributed by atoms with E-state index in [0.29, 0.717) is 40.2 Å². The first-order valence-corrected chi connectivity index (χ1v) is 16.2. The molecule has 3 heterocycles. The van der Waals surface area contributed by atoms with E-state index in [9.17, 15) is 18.0 Å². The Morgan fingerprint density at radius 2 is 1.84 bits per heavy atom. The largest absolute Gasteiger partial charge is 0.465 e. The number of sulfonamides is 1. The number of esters is 1. The lowest BCUT2D eigenvalue weighted by Gasteiger charge is -2.22. The number of hydrogen-bond donors (Lipinski definition) is 0. The zero-order valence-corrected chi connectivity index (χ0v) is 26.8. The van der Waals surface area contributed by atoms with Gasteiger partial charge in [-0.05, 0) is 74.7 Å². The van der Waals surface area contributed by atoms with E-state index in [4.69, 9.17) is 37.1 Å². The average molecular weight is 660 g/mol. The summed E-state index contributed by atoms with van der Waals surface area (Å²) in [5.41, 5.74) is 2.24. The first kappa shape index (κ1) is 32.0. The molecular weight excluding hydrogens is 627 g/mol. The minimum atomic E-state index is -3.99. The molecular formula is C32H32Cl2N2O7S. The van der Waals surface area contributed by atoms with Crippen molar-refractivity contribution in [3.05, 3.63) is 104 Å². The van der Waals surface area contributed by atoms with Crippen molar-refractivity contribution in [2.75, 3.05) is 20.3 Å². The number of methoxy groups -OCH3 is 1. The standard InChI is InChI=1S/C32H32Cl2N2O7S/c1-20-6-12-27(13-7-20)44(39,40)35(17-22-8-9-23(33)15-29(22)34)18-26-11-10-24(43-26)16-28-30(32(38)41-3)21(2)36(31(28)37)19-25-5-4-14-42-25/h6-13,15-16,25H,4-5,14,17-19H2,1-3H3/b28-16+/t25-/m1/s1. The Hall–Kier alpha value is -3.41. The second-order valence-corrected chi connectivity index (χ2v) is 13.5. The number of rotatable bonds is 10. The van der Waals surface area contributed by atoms with E-state index in [-0.39, 0.29) is 46.9 Å². The van der Waals surface area contributed by atoms with Crippen molar-refractivity contribution in [3.8, 4) is 0 Å². The van der Waals surface area contributed by atoms with Crippen LogP contribution in [-0.2, 0) is 42.2 Å². The van der Waals surface area contributed by atoms with Gasteiger partial charge in [0.15, 0.2) is 0 Å². The highest BCUT2D eigenvalue weighted by Crippen LogP contribution is 2.34. The van der Waals surface area contributed by atoms with Crippen LogP contribution in [0.5, 0.6) is 0 Å². The number of hydrogen-bond acceptors (Lipinski definition) is 7. The van der Waals surface area contributed by atoms with Gasteiger partial charge in [-0.15, -0.1) is 0 Å². The molecule has 232 valence electrons. The SMILES string of the molecule is COC(=O)C1=C(C)N(C[C@H]2CCCO2)C(=O)/C1=C/c1ccc(CN(Cc2ccc(Cl)cc2Cl)S(=O)(=O)c2ccc(C)cc2)o1. The van der Waals surface area contributed by atoms with Crippen LogP contribution < -0.4 is 0 Å². The molecule has 0 aliphatic carbocycles. The topological polar surface area (TPSA) is 106 Å². The van der Waals surface area contributed by atoms with E-state index >= 15 is 0 Å². The third-order valence-corrected chi connectivity index (χ3v) is 10.0. The Morgan fingerprint density at radius 3 is 2.50 bits per heavy atom. The van der Waals surface area contributed by atoms with Gasteiger partial charge in [-0.2, -0.15) is 4.31 Å². The Morgan fingerprint density at radius 1 is 1.09 bits per heavy atom. The molecule has 0 spiro atoms. The van der Waals surface area contributed by atoms with Crippen molar-refractivity contribution >= 4 is 51.2 Å². The summed E-state index contributed by atoms with van der Waals surface area (Å²) in [5.74, 6) is -0.412. The predicted molar refractivity (Wildman–Crippen MR) is 166 cm³/mol. The van der Waals surface area contributed by atoms with Gasteiger partial charge in [0.1, 0.15) is 11.5 Å². The van der Waals surface area contributed by atoms with Gasteiger partial charge in [-0.1, -0.05) is 47.0 Å². The lowest BCUT2D eigenvalue weighted by Crippen LogP contribution is -2.33. The fourth-order valence-electron chi connectivity index (χ4n) is 5.24. The van der Waals surface area contributed by atoms with Gasteiger partial charge in [-0.25, -0.2) is 13.2 Å². The van der Waals surface area contributed by atoms with Crippen LogP contribution in [0.25, 0.3) is 6.08 Å². The fraction of sp³-hybridized carbons (Fsp3) is 0.312. The van der Waals surface area contributed by atoms with E-state index in [1.54, 1.807) is 61.5 Å². The third kappa shape index (κ3) is 6.79. The van der Waals surface area contributed by atoms with Crippen molar-refractivity contribution in [1.82, 2.24) is 9.21 Å². The minimum Gasteiger partial charge on any atom is -0.465 e. The number of carbonyl (C=O) groups is 2. The monoisotopic (exact) mass is 658 g/mol. The maximum Gasteiger partial charge on any atom is 0.340 e.